The first-order valence-corrected chi connectivity index (χ1v) is 10.7. The number of hydrazone groups is 1. The smallest absolute Gasteiger partial charge is 0.250 e. The molecule has 0 saturated carbocycles. The standard InChI is InChI=1S/C24H25N7O/c1-17-5-4-7-20(15-17)26-22-27-23(29-24(28-22)31-11-13-32-14-12-31)30-25-16-19-10-9-18-6-2-3-8-21(18)19/h2-8,10,15-16H,9,11-14H2,1H3,(H2,26,27,28,29,30)/b25-16+. The molecule has 1 aromatic heterocycles. The molecule has 0 radical (unpaired) electrons. The topological polar surface area (TPSA) is 87.6 Å². The zero-order chi connectivity index (χ0) is 21.8. The van der Waals surface area contributed by atoms with Crippen LogP contribution in [0, 0.1) is 6.92 Å². The summed E-state index contributed by atoms with van der Waals surface area (Å²) >= 11 is 0. The molecule has 0 unspecified atom stereocenters. The lowest BCUT2D eigenvalue weighted by Gasteiger charge is -2.27. The number of hydrogen-bond donors (Lipinski definition) is 2. The van der Waals surface area contributed by atoms with Gasteiger partial charge in [0.05, 0.1) is 19.4 Å². The van der Waals surface area contributed by atoms with Gasteiger partial charge in [0, 0.05) is 18.8 Å². The summed E-state index contributed by atoms with van der Waals surface area (Å²) in [5.41, 5.74) is 8.69. The van der Waals surface area contributed by atoms with E-state index in [0.717, 1.165) is 36.3 Å². The maximum absolute atomic E-state index is 5.47. The van der Waals surface area contributed by atoms with E-state index in [9.17, 15) is 0 Å². The van der Waals surface area contributed by atoms with Crippen molar-refractivity contribution in [2.24, 2.45) is 5.10 Å². The van der Waals surface area contributed by atoms with Crippen molar-refractivity contribution in [3.63, 3.8) is 0 Å². The molecule has 3 aromatic rings. The minimum atomic E-state index is 0.389. The van der Waals surface area contributed by atoms with Crippen molar-refractivity contribution in [2.45, 2.75) is 13.3 Å². The molecule has 1 aliphatic carbocycles. The van der Waals surface area contributed by atoms with E-state index in [0.29, 0.717) is 31.1 Å². The average Bonchev–Trinajstić information content (AvgIpc) is 3.23. The lowest BCUT2D eigenvalue weighted by Crippen LogP contribution is -2.37. The molecule has 8 heteroatoms. The number of hydrogen-bond acceptors (Lipinski definition) is 8. The molecule has 2 heterocycles. The van der Waals surface area contributed by atoms with Gasteiger partial charge in [-0.25, -0.2) is 5.43 Å². The van der Waals surface area contributed by atoms with Gasteiger partial charge in [-0.2, -0.15) is 20.1 Å². The number of nitrogens with one attached hydrogen (secondary N) is 2. The highest BCUT2D eigenvalue weighted by molar-refractivity contribution is 6.11. The molecule has 2 N–H and O–H groups in total. The molecule has 0 atom stereocenters. The number of ether oxygens (including phenoxy) is 1. The van der Waals surface area contributed by atoms with Crippen LogP contribution in [0.1, 0.15) is 16.7 Å². The molecule has 0 spiro atoms. The van der Waals surface area contributed by atoms with Crippen LogP contribution in [0.2, 0.25) is 0 Å². The SMILES string of the molecule is Cc1cccc(Nc2nc(N/N=C/C3=CCc4ccccc43)nc(N3CCOCC3)n2)c1. The third-order valence-corrected chi connectivity index (χ3v) is 5.43. The molecular weight excluding hydrogens is 402 g/mol. The summed E-state index contributed by atoms with van der Waals surface area (Å²) in [4.78, 5) is 15.8. The van der Waals surface area contributed by atoms with Gasteiger partial charge in [0.2, 0.25) is 17.8 Å². The molecule has 8 nitrogen and oxygen atoms in total. The van der Waals surface area contributed by atoms with Crippen LogP contribution in [-0.2, 0) is 11.2 Å². The fourth-order valence-corrected chi connectivity index (χ4v) is 3.82. The van der Waals surface area contributed by atoms with Crippen molar-refractivity contribution in [2.75, 3.05) is 41.9 Å². The molecule has 162 valence electrons. The van der Waals surface area contributed by atoms with E-state index in [1.807, 2.05) is 30.5 Å². The zero-order valence-corrected chi connectivity index (χ0v) is 18.0. The van der Waals surface area contributed by atoms with E-state index in [4.69, 9.17) is 4.74 Å². The van der Waals surface area contributed by atoms with Crippen LogP contribution in [0.25, 0.3) is 5.57 Å². The molecule has 1 aliphatic heterocycles. The van der Waals surface area contributed by atoms with E-state index in [2.05, 4.69) is 73.0 Å². The summed E-state index contributed by atoms with van der Waals surface area (Å²) in [6.45, 7) is 4.83. The van der Waals surface area contributed by atoms with Crippen LogP contribution < -0.4 is 15.6 Å². The molecule has 1 fully saturated rings. The number of allylic oxidation sites excluding steroid dienone is 2. The van der Waals surface area contributed by atoms with Gasteiger partial charge < -0.3 is 15.0 Å². The number of anilines is 4. The van der Waals surface area contributed by atoms with Crippen LogP contribution in [0.5, 0.6) is 0 Å². The Kier molecular flexibility index (Phi) is 5.76. The number of rotatable bonds is 6. The predicted molar refractivity (Wildman–Crippen MR) is 128 cm³/mol. The van der Waals surface area contributed by atoms with Gasteiger partial charge in [0.15, 0.2) is 0 Å². The van der Waals surface area contributed by atoms with Crippen LogP contribution in [0.4, 0.5) is 23.5 Å². The molecule has 0 bridgehead atoms. The van der Waals surface area contributed by atoms with Crippen molar-refractivity contribution in [3.05, 3.63) is 71.3 Å². The van der Waals surface area contributed by atoms with E-state index >= 15 is 0 Å². The molecule has 1 saturated heterocycles. The average molecular weight is 428 g/mol. The van der Waals surface area contributed by atoms with Crippen molar-refractivity contribution >= 4 is 35.3 Å². The second kappa shape index (κ2) is 9.15. The number of fused-ring (bicyclic) bond motifs is 1. The summed E-state index contributed by atoms with van der Waals surface area (Å²) < 4.78 is 5.47. The van der Waals surface area contributed by atoms with Gasteiger partial charge in [-0.3, -0.25) is 0 Å². The maximum Gasteiger partial charge on any atom is 0.250 e. The zero-order valence-electron chi connectivity index (χ0n) is 18.0. The predicted octanol–water partition coefficient (Wildman–Crippen LogP) is 3.80. The first kappa shape index (κ1) is 20.1. The summed E-state index contributed by atoms with van der Waals surface area (Å²) in [5, 5.41) is 7.69. The maximum atomic E-state index is 5.47. The fourth-order valence-electron chi connectivity index (χ4n) is 3.82. The summed E-state index contributed by atoms with van der Waals surface area (Å²) in [7, 11) is 0. The Labute approximate surface area is 187 Å². The van der Waals surface area contributed by atoms with Crippen LogP contribution in [0.15, 0.2) is 59.7 Å². The monoisotopic (exact) mass is 427 g/mol. The molecule has 5 rings (SSSR count). The summed E-state index contributed by atoms with van der Waals surface area (Å²) in [6, 6.07) is 16.4. The van der Waals surface area contributed by atoms with E-state index in [1.54, 1.807) is 0 Å². The molecule has 2 aliphatic rings. The normalized spacial score (nSPS) is 15.5. The van der Waals surface area contributed by atoms with E-state index in [-0.39, 0.29) is 0 Å². The second-order valence-electron chi connectivity index (χ2n) is 7.77. The largest absolute Gasteiger partial charge is 0.378 e. The van der Waals surface area contributed by atoms with Gasteiger partial charge in [0.25, 0.3) is 0 Å². The van der Waals surface area contributed by atoms with Gasteiger partial charge in [-0.1, -0.05) is 42.5 Å². The van der Waals surface area contributed by atoms with Crippen molar-refractivity contribution in [1.29, 1.82) is 0 Å². The van der Waals surface area contributed by atoms with Gasteiger partial charge in [-0.05, 0) is 47.7 Å². The third-order valence-electron chi connectivity index (χ3n) is 5.43. The highest BCUT2D eigenvalue weighted by Gasteiger charge is 2.17. The lowest BCUT2D eigenvalue weighted by molar-refractivity contribution is 0.122. The second-order valence-corrected chi connectivity index (χ2v) is 7.77. The Morgan fingerprint density at radius 3 is 2.72 bits per heavy atom. The van der Waals surface area contributed by atoms with Crippen molar-refractivity contribution < 1.29 is 4.74 Å². The summed E-state index contributed by atoms with van der Waals surface area (Å²) in [5.74, 6) is 1.46. The molecule has 0 amide bonds. The first-order valence-electron chi connectivity index (χ1n) is 10.7. The quantitative estimate of drug-likeness (QED) is 0.457. The van der Waals surface area contributed by atoms with Crippen molar-refractivity contribution in [3.8, 4) is 0 Å². The fraction of sp³-hybridized carbons (Fsp3) is 0.250. The number of aromatic nitrogens is 3. The van der Waals surface area contributed by atoms with Crippen molar-refractivity contribution in [1.82, 2.24) is 15.0 Å². The molecule has 32 heavy (non-hydrogen) atoms. The van der Waals surface area contributed by atoms with E-state index in [1.165, 1.54) is 11.1 Å². The first-order chi connectivity index (χ1) is 15.7. The summed E-state index contributed by atoms with van der Waals surface area (Å²) in [6.07, 6.45) is 4.92. The highest BCUT2D eigenvalue weighted by atomic mass is 16.5. The van der Waals surface area contributed by atoms with Crippen LogP contribution in [0.3, 0.4) is 0 Å². The minimum absolute atomic E-state index is 0.389. The number of aryl methyl sites for hydroxylation is 1. The minimum Gasteiger partial charge on any atom is -0.378 e. The number of nitrogens with zero attached hydrogens (tertiary/aromatic N) is 5. The van der Waals surface area contributed by atoms with Gasteiger partial charge in [0.1, 0.15) is 0 Å². The van der Waals surface area contributed by atoms with Crippen LogP contribution >= 0.6 is 0 Å². The molecular formula is C24H25N7O. The Morgan fingerprint density at radius 2 is 1.84 bits per heavy atom. The number of benzene rings is 2. The Hall–Kier alpha value is -3.78. The third kappa shape index (κ3) is 4.60. The highest BCUT2D eigenvalue weighted by Crippen LogP contribution is 2.25. The van der Waals surface area contributed by atoms with Gasteiger partial charge >= 0.3 is 0 Å². The Balaban J connectivity index is 1.38. The van der Waals surface area contributed by atoms with Crippen LogP contribution in [-0.4, -0.2) is 47.5 Å². The Morgan fingerprint density at radius 1 is 1.00 bits per heavy atom. The number of morpholine rings is 1. The van der Waals surface area contributed by atoms with Gasteiger partial charge in [-0.15, -0.1) is 0 Å². The lowest BCUT2D eigenvalue weighted by atomic mass is 10.1. The van der Waals surface area contributed by atoms with E-state index < -0.39 is 0 Å². The molecule has 2 aromatic carbocycles. The Bertz CT molecular complexity index is 1170.